The lowest BCUT2D eigenvalue weighted by Crippen LogP contribution is -2.09. The fourth-order valence-electron chi connectivity index (χ4n) is 3.07. The highest BCUT2D eigenvalue weighted by Gasteiger charge is 2.04. The maximum Gasteiger partial charge on any atom is 0.159 e. The van der Waals surface area contributed by atoms with Gasteiger partial charge in [-0.25, -0.2) is 14.4 Å². The Bertz CT molecular complexity index is 643. The number of rotatable bonds is 14. The molecule has 0 spiro atoms. The van der Waals surface area contributed by atoms with Crippen LogP contribution in [0.5, 0.6) is 0 Å². The van der Waals surface area contributed by atoms with Crippen LogP contribution in [0.3, 0.4) is 0 Å². The molecular formula is C24H35FN2O. The molecule has 4 heteroatoms. The van der Waals surface area contributed by atoms with Crippen molar-refractivity contribution in [2.45, 2.75) is 77.8 Å². The lowest BCUT2D eigenvalue weighted by atomic mass is 10.1. The number of aryl methyl sites for hydroxylation is 2. The van der Waals surface area contributed by atoms with Gasteiger partial charge in [-0.2, -0.15) is 0 Å². The predicted octanol–water partition coefficient (Wildman–Crippen LogP) is 6.35. The molecule has 0 bridgehead atoms. The van der Waals surface area contributed by atoms with Crippen molar-refractivity contribution in [2.75, 3.05) is 13.2 Å². The molecule has 0 aliphatic rings. The Morgan fingerprint density at radius 3 is 2.21 bits per heavy atom. The van der Waals surface area contributed by atoms with Gasteiger partial charge in [-0.15, -0.1) is 0 Å². The van der Waals surface area contributed by atoms with Crippen molar-refractivity contribution >= 4 is 0 Å². The molecule has 3 nitrogen and oxygen atoms in total. The number of benzene rings is 1. The average Bonchev–Trinajstić information content (AvgIpc) is 2.74. The van der Waals surface area contributed by atoms with E-state index < -0.39 is 6.17 Å². The number of aromatic nitrogens is 2. The molecule has 1 atom stereocenters. The van der Waals surface area contributed by atoms with Crippen molar-refractivity contribution in [3.63, 3.8) is 0 Å². The van der Waals surface area contributed by atoms with Crippen molar-refractivity contribution in [3.8, 4) is 11.4 Å². The first kappa shape index (κ1) is 22.5. The lowest BCUT2D eigenvalue weighted by molar-refractivity contribution is 0.0768. The minimum atomic E-state index is -0.829. The second-order valence-corrected chi connectivity index (χ2v) is 7.46. The van der Waals surface area contributed by atoms with E-state index in [1.165, 1.54) is 36.8 Å². The SMILES string of the molecule is CCCCCCc1cnc(-c2ccc(CCCCOCC(F)CC)cc2)nc1. The van der Waals surface area contributed by atoms with Crippen molar-refractivity contribution < 1.29 is 9.13 Å². The molecule has 0 aliphatic heterocycles. The summed E-state index contributed by atoms with van der Waals surface area (Å²) in [4.78, 5) is 9.07. The molecule has 1 aromatic carbocycles. The van der Waals surface area contributed by atoms with Crippen LogP contribution in [0.4, 0.5) is 4.39 Å². The van der Waals surface area contributed by atoms with Crippen LogP contribution < -0.4 is 0 Å². The number of hydrogen-bond acceptors (Lipinski definition) is 3. The van der Waals surface area contributed by atoms with E-state index in [1.54, 1.807) is 0 Å². The topological polar surface area (TPSA) is 35.0 Å². The average molecular weight is 387 g/mol. The minimum Gasteiger partial charge on any atom is -0.378 e. The zero-order chi connectivity index (χ0) is 20.0. The van der Waals surface area contributed by atoms with Crippen LogP contribution >= 0.6 is 0 Å². The molecule has 1 heterocycles. The zero-order valence-electron chi connectivity index (χ0n) is 17.5. The van der Waals surface area contributed by atoms with Crippen molar-refractivity contribution in [1.29, 1.82) is 0 Å². The van der Waals surface area contributed by atoms with Gasteiger partial charge in [-0.3, -0.25) is 0 Å². The van der Waals surface area contributed by atoms with E-state index in [2.05, 4.69) is 41.2 Å². The van der Waals surface area contributed by atoms with E-state index in [1.807, 2.05) is 19.3 Å². The summed E-state index contributed by atoms with van der Waals surface area (Å²) in [7, 11) is 0. The van der Waals surface area contributed by atoms with Gasteiger partial charge in [-0.05, 0) is 49.7 Å². The second kappa shape index (κ2) is 13.4. The quantitative estimate of drug-likeness (QED) is 0.355. The van der Waals surface area contributed by atoms with Gasteiger partial charge in [0.1, 0.15) is 6.17 Å². The van der Waals surface area contributed by atoms with Gasteiger partial charge in [0, 0.05) is 24.6 Å². The standard InChI is InChI=1S/C24H35FN2O/c1-3-5-6-7-11-21-17-26-24(27-18-21)22-14-12-20(13-15-22)10-8-9-16-28-19-23(25)4-2/h12-15,17-18,23H,3-11,16,19H2,1-2H3. The predicted molar refractivity (Wildman–Crippen MR) is 114 cm³/mol. The maximum absolute atomic E-state index is 13.1. The zero-order valence-corrected chi connectivity index (χ0v) is 17.5. The molecule has 0 radical (unpaired) electrons. The Kier molecular flexibility index (Phi) is 10.7. The van der Waals surface area contributed by atoms with E-state index in [0.717, 1.165) is 37.1 Å². The smallest absolute Gasteiger partial charge is 0.159 e. The Balaban J connectivity index is 1.71. The molecule has 0 amide bonds. The van der Waals surface area contributed by atoms with Gasteiger partial charge in [0.2, 0.25) is 0 Å². The maximum atomic E-state index is 13.1. The Morgan fingerprint density at radius 1 is 0.857 bits per heavy atom. The van der Waals surface area contributed by atoms with Crippen LogP contribution in [0.1, 0.15) is 69.9 Å². The fraction of sp³-hybridized carbons (Fsp3) is 0.583. The van der Waals surface area contributed by atoms with Gasteiger partial charge in [0.05, 0.1) is 6.61 Å². The van der Waals surface area contributed by atoms with Crippen molar-refractivity contribution in [1.82, 2.24) is 9.97 Å². The largest absolute Gasteiger partial charge is 0.378 e. The molecule has 0 saturated heterocycles. The van der Waals surface area contributed by atoms with Crippen molar-refractivity contribution in [2.24, 2.45) is 0 Å². The normalized spacial score (nSPS) is 12.2. The summed E-state index contributed by atoms with van der Waals surface area (Å²) >= 11 is 0. The van der Waals surface area contributed by atoms with Crippen LogP contribution in [0.25, 0.3) is 11.4 Å². The molecule has 154 valence electrons. The van der Waals surface area contributed by atoms with Crippen LogP contribution in [-0.2, 0) is 17.6 Å². The monoisotopic (exact) mass is 386 g/mol. The molecule has 0 N–H and O–H groups in total. The lowest BCUT2D eigenvalue weighted by Gasteiger charge is -2.07. The summed E-state index contributed by atoms with van der Waals surface area (Å²) in [5, 5.41) is 0. The summed E-state index contributed by atoms with van der Waals surface area (Å²) in [6.45, 7) is 4.93. The third-order valence-corrected chi connectivity index (χ3v) is 4.98. The molecule has 0 saturated carbocycles. The Hall–Kier alpha value is -1.81. The van der Waals surface area contributed by atoms with Gasteiger partial charge in [0.15, 0.2) is 5.82 Å². The Morgan fingerprint density at radius 2 is 1.54 bits per heavy atom. The van der Waals surface area contributed by atoms with Crippen LogP contribution in [0.2, 0.25) is 0 Å². The molecule has 28 heavy (non-hydrogen) atoms. The van der Waals surface area contributed by atoms with Gasteiger partial charge >= 0.3 is 0 Å². The van der Waals surface area contributed by atoms with E-state index in [4.69, 9.17) is 4.74 Å². The molecule has 1 aromatic heterocycles. The van der Waals surface area contributed by atoms with Crippen LogP contribution in [0.15, 0.2) is 36.7 Å². The van der Waals surface area contributed by atoms with E-state index in [-0.39, 0.29) is 6.61 Å². The number of halogens is 1. The Labute approximate surface area is 169 Å². The summed E-state index contributed by atoms with van der Waals surface area (Å²) in [6, 6.07) is 8.48. The van der Waals surface area contributed by atoms with Crippen molar-refractivity contribution in [3.05, 3.63) is 47.8 Å². The fourth-order valence-corrected chi connectivity index (χ4v) is 3.07. The first-order chi connectivity index (χ1) is 13.7. The van der Waals surface area contributed by atoms with E-state index in [9.17, 15) is 4.39 Å². The number of hydrogen-bond donors (Lipinski definition) is 0. The molecule has 2 rings (SSSR count). The third-order valence-electron chi connectivity index (χ3n) is 4.98. The highest BCUT2D eigenvalue weighted by Crippen LogP contribution is 2.17. The molecule has 0 fully saturated rings. The van der Waals surface area contributed by atoms with Gasteiger partial charge < -0.3 is 4.74 Å². The second-order valence-electron chi connectivity index (χ2n) is 7.46. The van der Waals surface area contributed by atoms with Crippen LogP contribution in [-0.4, -0.2) is 29.4 Å². The number of ether oxygens (including phenoxy) is 1. The first-order valence-corrected chi connectivity index (χ1v) is 10.8. The molecule has 2 aromatic rings. The van der Waals surface area contributed by atoms with E-state index in [0.29, 0.717) is 13.0 Å². The first-order valence-electron chi connectivity index (χ1n) is 10.8. The highest BCUT2D eigenvalue weighted by atomic mass is 19.1. The molecular weight excluding hydrogens is 351 g/mol. The number of nitrogens with zero attached hydrogens (tertiary/aromatic N) is 2. The summed E-state index contributed by atoms with van der Waals surface area (Å²) in [6.07, 6.45) is 12.7. The molecule has 0 aliphatic carbocycles. The van der Waals surface area contributed by atoms with Crippen LogP contribution in [0, 0.1) is 0 Å². The summed E-state index contributed by atoms with van der Waals surface area (Å²) in [5.74, 6) is 0.786. The molecule has 1 unspecified atom stereocenters. The van der Waals surface area contributed by atoms with Gasteiger partial charge in [0.25, 0.3) is 0 Å². The number of unbranched alkanes of at least 4 members (excludes halogenated alkanes) is 4. The highest BCUT2D eigenvalue weighted by molar-refractivity contribution is 5.55. The number of alkyl halides is 1. The minimum absolute atomic E-state index is 0.225. The summed E-state index contributed by atoms with van der Waals surface area (Å²) < 4.78 is 18.4. The summed E-state index contributed by atoms with van der Waals surface area (Å²) in [5.41, 5.74) is 3.57. The third kappa shape index (κ3) is 8.47. The van der Waals surface area contributed by atoms with Gasteiger partial charge in [-0.1, -0.05) is 57.4 Å². The van der Waals surface area contributed by atoms with E-state index >= 15 is 0 Å².